The van der Waals surface area contributed by atoms with Gasteiger partial charge in [0.05, 0.1) is 14.2 Å². The Balaban J connectivity index is 2.02. The van der Waals surface area contributed by atoms with E-state index in [9.17, 15) is 15.3 Å². The van der Waals surface area contributed by atoms with Gasteiger partial charge in [0.25, 0.3) is 0 Å². The van der Waals surface area contributed by atoms with Crippen molar-refractivity contribution in [2.24, 2.45) is 0 Å². The lowest BCUT2D eigenvalue weighted by Gasteiger charge is -2.13. The molecule has 0 aliphatic carbocycles. The zero-order valence-electron chi connectivity index (χ0n) is 15.7. The molecule has 0 aromatic heterocycles. The first kappa shape index (κ1) is 19.2. The second kappa shape index (κ2) is 8.39. The summed E-state index contributed by atoms with van der Waals surface area (Å²) in [5, 5.41) is 29.7. The van der Waals surface area contributed by atoms with Crippen molar-refractivity contribution in [3.63, 3.8) is 0 Å². The van der Waals surface area contributed by atoms with Crippen molar-refractivity contribution in [1.82, 2.24) is 0 Å². The summed E-state index contributed by atoms with van der Waals surface area (Å²) >= 11 is 0. The highest BCUT2D eigenvalue weighted by atomic mass is 16.5. The molecule has 0 atom stereocenters. The first-order chi connectivity index (χ1) is 13.5. The van der Waals surface area contributed by atoms with Crippen LogP contribution in [-0.4, -0.2) is 29.5 Å². The molecule has 0 aliphatic heterocycles. The van der Waals surface area contributed by atoms with Crippen LogP contribution in [0.3, 0.4) is 0 Å². The van der Waals surface area contributed by atoms with Crippen LogP contribution in [0.4, 0.5) is 0 Å². The fraction of sp³-hybridized carbons (Fsp3) is 0.130. The Kier molecular flexibility index (Phi) is 5.75. The predicted molar refractivity (Wildman–Crippen MR) is 109 cm³/mol. The maximum Gasteiger partial charge on any atom is 0.126 e. The van der Waals surface area contributed by atoms with Crippen molar-refractivity contribution >= 4 is 12.2 Å². The van der Waals surface area contributed by atoms with E-state index in [1.807, 2.05) is 18.2 Å². The van der Waals surface area contributed by atoms with E-state index in [-0.39, 0.29) is 17.2 Å². The van der Waals surface area contributed by atoms with Crippen LogP contribution >= 0.6 is 0 Å². The molecule has 0 bridgehead atoms. The summed E-state index contributed by atoms with van der Waals surface area (Å²) < 4.78 is 10.7. The Bertz CT molecular complexity index is 991. The van der Waals surface area contributed by atoms with Gasteiger partial charge < -0.3 is 24.8 Å². The van der Waals surface area contributed by atoms with Gasteiger partial charge in [-0.25, -0.2) is 0 Å². The topological polar surface area (TPSA) is 79.2 Å². The molecular formula is C23H22O5. The lowest BCUT2D eigenvalue weighted by molar-refractivity contribution is 0.403. The Morgan fingerprint density at radius 2 is 1.46 bits per heavy atom. The predicted octanol–water partition coefficient (Wildman–Crippen LogP) is 4.58. The number of methoxy groups -OCH3 is 2. The summed E-state index contributed by atoms with van der Waals surface area (Å²) in [5.41, 5.74) is 3.22. The second-order valence-electron chi connectivity index (χ2n) is 6.32. The van der Waals surface area contributed by atoms with Crippen LogP contribution in [0, 0.1) is 0 Å². The number of hydrogen-bond acceptors (Lipinski definition) is 5. The van der Waals surface area contributed by atoms with Crippen LogP contribution in [0.2, 0.25) is 0 Å². The van der Waals surface area contributed by atoms with E-state index in [4.69, 9.17) is 9.47 Å². The molecule has 0 saturated heterocycles. The monoisotopic (exact) mass is 378 g/mol. The SMILES string of the molecule is COc1ccc(O)c(C=Cc2cc(O)cc(OC)c2Cc2ccc(O)cc2)c1. The molecule has 0 radical (unpaired) electrons. The van der Waals surface area contributed by atoms with E-state index in [2.05, 4.69) is 0 Å². The molecule has 144 valence electrons. The maximum atomic E-state index is 10.1. The Morgan fingerprint density at radius 1 is 0.750 bits per heavy atom. The number of benzene rings is 3. The molecule has 3 aromatic carbocycles. The molecule has 0 saturated carbocycles. The second-order valence-corrected chi connectivity index (χ2v) is 6.32. The van der Waals surface area contributed by atoms with Gasteiger partial charge in [-0.15, -0.1) is 0 Å². The molecule has 28 heavy (non-hydrogen) atoms. The first-order valence-corrected chi connectivity index (χ1v) is 8.73. The number of ether oxygens (including phenoxy) is 2. The van der Waals surface area contributed by atoms with Gasteiger partial charge in [0.1, 0.15) is 28.7 Å². The van der Waals surface area contributed by atoms with E-state index < -0.39 is 0 Å². The van der Waals surface area contributed by atoms with Gasteiger partial charge in [0.15, 0.2) is 0 Å². The average Bonchev–Trinajstić information content (AvgIpc) is 2.70. The number of phenols is 3. The normalized spacial score (nSPS) is 10.9. The van der Waals surface area contributed by atoms with Crippen molar-refractivity contribution in [2.45, 2.75) is 6.42 Å². The Labute approximate surface area is 163 Å². The van der Waals surface area contributed by atoms with E-state index in [0.717, 1.165) is 16.7 Å². The smallest absolute Gasteiger partial charge is 0.126 e. The molecule has 5 nitrogen and oxygen atoms in total. The van der Waals surface area contributed by atoms with Gasteiger partial charge in [-0.1, -0.05) is 24.3 Å². The molecule has 0 unspecified atom stereocenters. The summed E-state index contributed by atoms with van der Waals surface area (Å²) in [6.07, 6.45) is 4.12. The van der Waals surface area contributed by atoms with Gasteiger partial charge in [0.2, 0.25) is 0 Å². The van der Waals surface area contributed by atoms with Crippen LogP contribution in [0.5, 0.6) is 28.7 Å². The zero-order valence-corrected chi connectivity index (χ0v) is 15.7. The molecule has 5 heteroatoms. The van der Waals surface area contributed by atoms with Crippen molar-refractivity contribution in [2.75, 3.05) is 14.2 Å². The van der Waals surface area contributed by atoms with E-state index in [1.165, 1.54) is 0 Å². The van der Waals surface area contributed by atoms with Crippen molar-refractivity contribution in [1.29, 1.82) is 0 Å². The van der Waals surface area contributed by atoms with E-state index >= 15 is 0 Å². The number of rotatable bonds is 6. The highest BCUT2D eigenvalue weighted by Gasteiger charge is 2.12. The van der Waals surface area contributed by atoms with Gasteiger partial charge in [-0.2, -0.15) is 0 Å². The number of aromatic hydroxyl groups is 3. The van der Waals surface area contributed by atoms with Crippen molar-refractivity contribution in [3.8, 4) is 28.7 Å². The third-order valence-electron chi connectivity index (χ3n) is 4.44. The Hall–Kier alpha value is -3.60. The summed E-state index contributed by atoms with van der Waals surface area (Å²) in [6.45, 7) is 0. The van der Waals surface area contributed by atoms with Gasteiger partial charge in [0, 0.05) is 23.6 Å². The standard InChI is InChI=1S/C23H22O5/c1-27-20-9-10-22(26)17(13-20)6-5-16-12-19(25)14-23(28-2)21(16)11-15-3-7-18(24)8-4-15/h3-10,12-14,24-26H,11H2,1-2H3. The molecule has 0 spiro atoms. The third kappa shape index (κ3) is 4.38. The lowest BCUT2D eigenvalue weighted by Crippen LogP contribution is -1.97. The average molecular weight is 378 g/mol. The fourth-order valence-electron chi connectivity index (χ4n) is 2.96. The first-order valence-electron chi connectivity index (χ1n) is 8.73. The fourth-order valence-corrected chi connectivity index (χ4v) is 2.96. The van der Waals surface area contributed by atoms with E-state index in [0.29, 0.717) is 23.5 Å². The quantitative estimate of drug-likeness (QED) is 0.547. The van der Waals surface area contributed by atoms with Crippen LogP contribution < -0.4 is 9.47 Å². The molecular weight excluding hydrogens is 356 g/mol. The van der Waals surface area contributed by atoms with Crippen LogP contribution in [0.1, 0.15) is 22.3 Å². The third-order valence-corrected chi connectivity index (χ3v) is 4.44. The molecule has 0 aliphatic rings. The lowest BCUT2D eigenvalue weighted by atomic mass is 9.97. The maximum absolute atomic E-state index is 10.1. The molecule has 0 heterocycles. The van der Waals surface area contributed by atoms with Crippen LogP contribution in [-0.2, 0) is 6.42 Å². The summed E-state index contributed by atoms with van der Waals surface area (Å²) in [7, 11) is 3.12. The van der Waals surface area contributed by atoms with Gasteiger partial charge >= 0.3 is 0 Å². The molecule has 3 N–H and O–H groups in total. The molecule has 3 aromatic rings. The summed E-state index contributed by atoms with van der Waals surface area (Å²) in [6, 6.07) is 15.1. The van der Waals surface area contributed by atoms with Crippen molar-refractivity contribution in [3.05, 3.63) is 76.9 Å². The zero-order chi connectivity index (χ0) is 20.1. The number of phenolic OH excluding ortho intramolecular Hbond substituents is 3. The largest absolute Gasteiger partial charge is 0.508 e. The summed E-state index contributed by atoms with van der Waals surface area (Å²) in [5.74, 6) is 1.61. The van der Waals surface area contributed by atoms with E-state index in [1.54, 1.807) is 62.8 Å². The Morgan fingerprint density at radius 3 is 2.14 bits per heavy atom. The van der Waals surface area contributed by atoms with Crippen molar-refractivity contribution < 1.29 is 24.8 Å². The highest BCUT2D eigenvalue weighted by molar-refractivity contribution is 5.76. The number of hydrogen-bond donors (Lipinski definition) is 3. The highest BCUT2D eigenvalue weighted by Crippen LogP contribution is 2.33. The molecule has 0 fully saturated rings. The van der Waals surface area contributed by atoms with Crippen LogP contribution in [0.25, 0.3) is 12.2 Å². The summed E-state index contributed by atoms with van der Waals surface area (Å²) in [4.78, 5) is 0. The van der Waals surface area contributed by atoms with Crippen LogP contribution in [0.15, 0.2) is 54.6 Å². The molecule has 3 rings (SSSR count). The molecule has 0 amide bonds. The van der Waals surface area contributed by atoms with Gasteiger partial charge in [-0.05, 0) is 47.5 Å². The van der Waals surface area contributed by atoms with Gasteiger partial charge in [-0.3, -0.25) is 0 Å². The minimum atomic E-state index is 0.0841. The minimum Gasteiger partial charge on any atom is -0.508 e. The minimum absolute atomic E-state index is 0.0841.